The van der Waals surface area contributed by atoms with E-state index >= 15 is 0 Å². The Morgan fingerprint density at radius 2 is 2.28 bits per heavy atom. The fourth-order valence-corrected chi connectivity index (χ4v) is 1.61. The minimum Gasteiger partial charge on any atom is -0.396 e. The molecule has 0 bridgehead atoms. The van der Waals surface area contributed by atoms with Crippen molar-refractivity contribution in [2.75, 3.05) is 13.2 Å². The van der Waals surface area contributed by atoms with Crippen molar-refractivity contribution < 1.29 is 18.7 Å². The van der Waals surface area contributed by atoms with E-state index in [0.29, 0.717) is 13.0 Å². The molecule has 0 radical (unpaired) electrons. The van der Waals surface area contributed by atoms with Crippen molar-refractivity contribution in [3.8, 4) is 0 Å². The van der Waals surface area contributed by atoms with Crippen LogP contribution in [0.2, 0.25) is 0 Å². The van der Waals surface area contributed by atoms with Crippen molar-refractivity contribution >= 4 is 5.91 Å². The lowest BCUT2D eigenvalue weighted by Crippen LogP contribution is -2.30. The van der Waals surface area contributed by atoms with Gasteiger partial charge < -0.3 is 15.0 Å². The Kier molecular flexibility index (Phi) is 5.77. The van der Waals surface area contributed by atoms with Crippen LogP contribution in [0, 0.1) is 5.92 Å². The minimum atomic E-state index is -2.49. The van der Waals surface area contributed by atoms with Crippen LogP contribution in [-0.2, 0) is 6.54 Å². The Morgan fingerprint density at radius 1 is 1.56 bits per heavy atom. The van der Waals surface area contributed by atoms with E-state index in [-0.39, 0.29) is 24.1 Å². The number of carbonyl (C=O) groups is 1. The van der Waals surface area contributed by atoms with Crippen LogP contribution in [0.4, 0.5) is 8.78 Å². The van der Waals surface area contributed by atoms with Gasteiger partial charge in [0, 0.05) is 19.3 Å². The molecule has 102 valence electrons. The van der Waals surface area contributed by atoms with Gasteiger partial charge in [-0.05, 0) is 24.5 Å². The number of aliphatic hydroxyl groups excluding tert-OH is 1. The molecule has 2 N–H and O–H groups in total. The first kappa shape index (κ1) is 14.6. The number of aliphatic hydroxyl groups is 1. The van der Waals surface area contributed by atoms with Crippen molar-refractivity contribution in [3.63, 3.8) is 0 Å². The van der Waals surface area contributed by atoms with Gasteiger partial charge in [0.1, 0.15) is 5.69 Å². The molecule has 1 unspecified atom stereocenters. The van der Waals surface area contributed by atoms with Gasteiger partial charge in [-0.25, -0.2) is 8.78 Å². The molecule has 0 fully saturated rings. The lowest BCUT2D eigenvalue weighted by atomic mass is 10.1. The van der Waals surface area contributed by atoms with Gasteiger partial charge in [-0.1, -0.05) is 6.92 Å². The average molecular weight is 260 g/mol. The summed E-state index contributed by atoms with van der Waals surface area (Å²) >= 11 is 0. The lowest BCUT2D eigenvalue weighted by molar-refractivity contribution is 0.0922. The quantitative estimate of drug-likeness (QED) is 0.780. The van der Waals surface area contributed by atoms with E-state index in [0.717, 1.165) is 0 Å². The van der Waals surface area contributed by atoms with Crippen LogP contribution in [0.5, 0.6) is 0 Å². The second-order valence-corrected chi connectivity index (χ2v) is 4.26. The summed E-state index contributed by atoms with van der Waals surface area (Å²) in [5.74, 6) is -0.220. The number of nitrogens with zero attached hydrogens (tertiary/aromatic N) is 1. The van der Waals surface area contributed by atoms with Gasteiger partial charge in [-0.2, -0.15) is 0 Å². The van der Waals surface area contributed by atoms with E-state index in [1.165, 1.54) is 16.8 Å². The van der Waals surface area contributed by atoms with Crippen LogP contribution in [0.25, 0.3) is 0 Å². The van der Waals surface area contributed by atoms with Crippen molar-refractivity contribution in [1.82, 2.24) is 9.88 Å². The summed E-state index contributed by atoms with van der Waals surface area (Å²) in [4.78, 5) is 11.8. The van der Waals surface area contributed by atoms with Crippen LogP contribution < -0.4 is 5.32 Å². The zero-order valence-electron chi connectivity index (χ0n) is 10.3. The maximum Gasteiger partial charge on any atom is 0.267 e. The van der Waals surface area contributed by atoms with E-state index < -0.39 is 13.0 Å². The zero-order valence-corrected chi connectivity index (χ0v) is 10.3. The molecule has 18 heavy (non-hydrogen) atoms. The summed E-state index contributed by atoms with van der Waals surface area (Å²) in [6, 6.07) is 3.07. The lowest BCUT2D eigenvalue weighted by Gasteiger charge is -2.12. The molecular weight excluding hydrogens is 242 g/mol. The van der Waals surface area contributed by atoms with Crippen LogP contribution in [0.3, 0.4) is 0 Å². The molecule has 0 aliphatic rings. The van der Waals surface area contributed by atoms with E-state index in [2.05, 4.69) is 5.32 Å². The number of amides is 1. The summed E-state index contributed by atoms with van der Waals surface area (Å²) < 4.78 is 25.8. The van der Waals surface area contributed by atoms with Crippen molar-refractivity contribution in [1.29, 1.82) is 0 Å². The standard InChI is InChI=1S/C12H18F2N2O2/c1-9(4-6-17)7-15-12(18)10-3-2-5-16(10)8-11(13)14/h2-3,5,9,11,17H,4,6-8H2,1H3,(H,15,18). The van der Waals surface area contributed by atoms with Crippen LogP contribution >= 0.6 is 0 Å². The smallest absolute Gasteiger partial charge is 0.267 e. The third-order valence-corrected chi connectivity index (χ3v) is 2.63. The number of hydrogen-bond acceptors (Lipinski definition) is 2. The Morgan fingerprint density at radius 3 is 2.89 bits per heavy atom. The van der Waals surface area contributed by atoms with Gasteiger partial charge >= 0.3 is 0 Å². The Balaban J connectivity index is 2.53. The molecule has 1 amide bonds. The molecular formula is C12H18F2N2O2. The van der Waals surface area contributed by atoms with Gasteiger partial charge in [0.2, 0.25) is 0 Å². The van der Waals surface area contributed by atoms with Crippen LogP contribution in [-0.4, -0.2) is 35.2 Å². The van der Waals surface area contributed by atoms with Crippen molar-refractivity contribution in [2.45, 2.75) is 26.3 Å². The number of hydrogen-bond donors (Lipinski definition) is 2. The molecule has 4 nitrogen and oxygen atoms in total. The summed E-state index contributed by atoms with van der Waals surface area (Å²) in [5, 5.41) is 11.4. The first-order chi connectivity index (χ1) is 8.54. The Labute approximate surface area is 105 Å². The third-order valence-electron chi connectivity index (χ3n) is 2.63. The topological polar surface area (TPSA) is 54.3 Å². The van der Waals surface area contributed by atoms with Gasteiger partial charge in [0.25, 0.3) is 12.3 Å². The van der Waals surface area contributed by atoms with E-state index in [1.54, 1.807) is 6.07 Å². The van der Waals surface area contributed by atoms with Gasteiger partial charge in [-0.3, -0.25) is 4.79 Å². The zero-order chi connectivity index (χ0) is 13.5. The average Bonchev–Trinajstić information content (AvgIpc) is 2.73. The predicted molar refractivity (Wildman–Crippen MR) is 63.6 cm³/mol. The monoisotopic (exact) mass is 260 g/mol. The molecule has 0 saturated heterocycles. The first-order valence-electron chi connectivity index (χ1n) is 5.87. The molecule has 0 aliphatic heterocycles. The molecule has 0 aromatic carbocycles. The summed E-state index contributed by atoms with van der Waals surface area (Å²) in [6.45, 7) is 1.90. The summed E-state index contributed by atoms with van der Waals surface area (Å²) in [5.41, 5.74) is 0.228. The first-order valence-corrected chi connectivity index (χ1v) is 5.87. The molecule has 1 heterocycles. The third kappa shape index (κ3) is 4.44. The number of nitrogens with one attached hydrogen (secondary N) is 1. The van der Waals surface area contributed by atoms with Crippen LogP contribution in [0.15, 0.2) is 18.3 Å². The predicted octanol–water partition coefficient (Wildman–Crippen LogP) is 1.50. The fraction of sp³-hybridized carbons (Fsp3) is 0.583. The minimum absolute atomic E-state index is 0.0683. The molecule has 1 aromatic heterocycles. The highest BCUT2D eigenvalue weighted by Gasteiger charge is 2.14. The number of rotatable bonds is 7. The maximum absolute atomic E-state index is 12.3. The van der Waals surface area contributed by atoms with E-state index in [1.807, 2.05) is 6.92 Å². The van der Waals surface area contributed by atoms with Gasteiger partial charge in [0.05, 0.1) is 6.54 Å². The molecule has 1 atom stereocenters. The highest BCUT2D eigenvalue weighted by Crippen LogP contribution is 2.07. The SMILES string of the molecule is CC(CCO)CNC(=O)c1cccn1CC(F)F. The highest BCUT2D eigenvalue weighted by atomic mass is 19.3. The molecule has 0 spiro atoms. The van der Waals surface area contributed by atoms with Gasteiger partial charge in [0.15, 0.2) is 0 Å². The number of carbonyl (C=O) groups excluding carboxylic acids is 1. The maximum atomic E-state index is 12.3. The van der Waals surface area contributed by atoms with Crippen molar-refractivity contribution in [2.24, 2.45) is 5.92 Å². The largest absolute Gasteiger partial charge is 0.396 e. The number of halogens is 2. The number of aromatic nitrogens is 1. The Bertz CT molecular complexity index is 380. The molecule has 1 rings (SSSR count). The summed E-state index contributed by atoms with van der Waals surface area (Å²) in [6.07, 6.45) is -0.437. The van der Waals surface area contributed by atoms with Crippen molar-refractivity contribution in [3.05, 3.63) is 24.0 Å². The second kappa shape index (κ2) is 7.10. The second-order valence-electron chi connectivity index (χ2n) is 4.26. The highest BCUT2D eigenvalue weighted by molar-refractivity contribution is 5.92. The van der Waals surface area contributed by atoms with E-state index in [9.17, 15) is 13.6 Å². The molecule has 1 aromatic rings. The molecule has 0 aliphatic carbocycles. The molecule has 0 saturated carbocycles. The van der Waals surface area contributed by atoms with Gasteiger partial charge in [-0.15, -0.1) is 0 Å². The van der Waals surface area contributed by atoms with Crippen LogP contribution in [0.1, 0.15) is 23.8 Å². The normalized spacial score (nSPS) is 12.7. The summed E-state index contributed by atoms with van der Waals surface area (Å²) in [7, 11) is 0. The number of alkyl halides is 2. The fourth-order valence-electron chi connectivity index (χ4n) is 1.61. The van der Waals surface area contributed by atoms with E-state index in [4.69, 9.17) is 5.11 Å². The molecule has 6 heteroatoms. The Hall–Kier alpha value is -1.43.